The SMILES string of the molecule is COc1cc(C(=O)OCC(=O)N2C[C@H](C)O[C@@H](C)C2)cc(Br)c1OCc1ccccc1. The number of carbonyl (C=O) groups excluding carboxylic acids is 2. The molecular formula is C23H26BrNO6. The first kappa shape index (κ1) is 23.1. The van der Waals surface area contributed by atoms with Crippen LogP contribution in [0.4, 0.5) is 0 Å². The Balaban J connectivity index is 1.63. The summed E-state index contributed by atoms with van der Waals surface area (Å²) in [6.45, 7) is 4.80. The lowest BCUT2D eigenvalue weighted by Crippen LogP contribution is -2.49. The van der Waals surface area contributed by atoms with E-state index >= 15 is 0 Å². The van der Waals surface area contributed by atoms with Crippen LogP contribution in [0.5, 0.6) is 11.5 Å². The molecule has 1 heterocycles. The van der Waals surface area contributed by atoms with Crippen molar-refractivity contribution in [2.45, 2.75) is 32.7 Å². The van der Waals surface area contributed by atoms with E-state index in [0.717, 1.165) is 5.56 Å². The second-order valence-corrected chi connectivity index (χ2v) is 8.25. The van der Waals surface area contributed by atoms with Gasteiger partial charge in [-0.1, -0.05) is 30.3 Å². The van der Waals surface area contributed by atoms with Crippen LogP contribution >= 0.6 is 15.9 Å². The van der Waals surface area contributed by atoms with E-state index in [1.807, 2.05) is 44.2 Å². The van der Waals surface area contributed by atoms with Gasteiger partial charge >= 0.3 is 5.97 Å². The minimum Gasteiger partial charge on any atom is -0.493 e. The molecule has 31 heavy (non-hydrogen) atoms. The number of halogens is 1. The van der Waals surface area contributed by atoms with Gasteiger partial charge < -0.3 is 23.8 Å². The Morgan fingerprint density at radius 1 is 1.13 bits per heavy atom. The van der Waals surface area contributed by atoms with Crippen molar-refractivity contribution in [3.8, 4) is 11.5 Å². The zero-order valence-electron chi connectivity index (χ0n) is 17.8. The zero-order chi connectivity index (χ0) is 22.4. The molecule has 8 heteroatoms. The number of esters is 1. The van der Waals surface area contributed by atoms with E-state index in [1.54, 1.807) is 11.0 Å². The van der Waals surface area contributed by atoms with Crippen LogP contribution in [0.25, 0.3) is 0 Å². The van der Waals surface area contributed by atoms with Crippen LogP contribution in [-0.4, -0.2) is 55.8 Å². The van der Waals surface area contributed by atoms with Crippen LogP contribution in [0.1, 0.15) is 29.8 Å². The lowest BCUT2D eigenvalue weighted by atomic mass is 10.2. The second-order valence-electron chi connectivity index (χ2n) is 7.40. The van der Waals surface area contributed by atoms with Crippen LogP contribution in [-0.2, 0) is 20.9 Å². The van der Waals surface area contributed by atoms with Crippen LogP contribution in [0.15, 0.2) is 46.9 Å². The molecule has 0 aromatic heterocycles. The molecule has 1 saturated heterocycles. The maximum atomic E-state index is 12.5. The Bertz CT molecular complexity index is 910. The van der Waals surface area contributed by atoms with E-state index in [2.05, 4.69) is 15.9 Å². The number of hydrogen-bond acceptors (Lipinski definition) is 6. The van der Waals surface area contributed by atoms with Gasteiger partial charge in [-0.2, -0.15) is 0 Å². The molecule has 2 atom stereocenters. The predicted molar refractivity (Wildman–Crippen MR) is 118 cm³/mol. The van der Waals surface area contributed by atoms with Crippen LogP contribution < -0.4 is 9.47 Å². The fraction of sp³-hybridized carbons (Fsp3) is 0.391. The molecule has 1 aliphatic rings. The smallest absolute Gasteiger partial charge is 0.338 e. The highest BCUT2D eigenvalue weighted by molar-refractivity contribution is 9.10. The van der Waals surface area contributed by atoms with Gasteiger partial charge in [0.1, 0.15) is 6.61 Å². The maximum absolute atomic E-state index is 12.5. The summed E-state index contributed by atoms with van der Waals surface area (Å²) in [5.74, 6) is 0.00944. The molecule has 0 saturated carbocycles. The number of nitrogens with zero attached hydrogens (tertiary/aromatic N) is 1. The summed E-state index contributed by atoms with van der Waals surface area (Å²) >= 11 is 3.43. The summed E-state index contributed by atoms with van der Waals surface area (Å²) in [6, 6.07) is 12.8. The molecule has 7 nitrogen and oxygen atoms in total. The number of morpholine rings is 1. The van der Waals surface area contributed by atoms with Gasteiger partial charge in [-0.05, 0) is 47.5 Å². The van der Waals surface area contributed by atoms with E-state index < -0.39 is 5.97 Å². The molecule has 0 unspecified atom stereocenters. The average molecular weight is 492 g/mol. The summed E-state index contributed by atoms with van der Waals surface area (Å²) in [5.41, 5.74) is 1.26. The highest BCUT2D eigenvalue weighted by Gasteiger charge is 2.27. The van der Waals surface area contributed by atoms with Gasteiger partial charge in [-0.25, -0.2) is 4.79 Å². The van der Waals surface area contributed by atoms with Gasteiger partial charge in [0.15, 0.2) is 18.1 Å². The maximum Gasteiger partial charge on any atom is 0.338 e. The van der Waals surface area contributed by atoms with Crippen molar-refractivity contribution >= 4 is 27.8 Å². The van der Waals surface area contributed by atoms with Gasteiger partial charge in [0.25, 0.3) is 5.91 Å². The number of hydrogen-bond donors (Lipinski definition) is 0. The van der Waals surface area contributed by atoms with Gasteiger partial charge in [0.2, 0.25) is 0 Å². The van der Waals surface area contributed by atoms with E-state index in [4.69, 9.17) is 18.9 Å². The summed E-state index contributed by atoms with van der Waals surface area (Å²) in [5, 5.41) is 0. The van der Waals surface area contributed by atoms with Gasteiger partial charge in [0.05, 0.1) is 29.4 Å². The molecule has 1 aliphatic heterocycles. The van der Waals surface area contributed by atoms with Crippen molar-refractivity contribution in [3.05, 3.63) is 58.1 Å². The molecule has 1 amide bonds. The van der Waals surface area contributed by atoms with Crippen LogP contribution in [0.2, 0.25) is 0 Å². The molecule has 166 valence electrons. The molecule has 0 spiro atoms. The number of methoxy groups -OCH3 is 1. The summed E-state index contributed by atoms with van der Waals surface area (Å²) < 4.78 is 22.7. The van der Waals surface area contributed by atoms with E-state index in [-0.39, 0.29) is 30.3 Å². The topological polar surface area (TPSA) is 74.3 Å². The van der Waals surface area contributed by atoms with Gasteiger partial charge in [-0.3, -0.25) is 4.79 Å². The molecule has 1 fully saturated rings. The first-order valence-electron chi connectivity index (χ1n) is 10.0. The van der Waals surface area contributed by atoms with E-state index in [9.17, 15) is 9.59 Å². The molecule has 0 bridgehead atoms. The monoisotopic (exact) mass is 491 g/mol. The Morgan fingerprint density at radius 2 is 1.81 bits per heavy atom. The third kappa shape index (κ3) is 6.21. The van der Waals surface area contributed by atoms with Crippen molar-refractivity contribution in [2.75, 3.05) is 26.8 Å². The Hall–Kier alpha value is -2.58. The molecule has 2 aromatic rings. The number of rotatable bonds is 7. The first-order chi connectivity index (χ1) is 14.9. The average Bonchev–Trinajstić information content (AvgIpc) is 2.75. The third-order valence-corrected chi connectivity index (χ3v) is 5.38. The minimum atomic E-state index is -0.615. The number of ether oxygens (including phenoxy) is 4. The molecule has 2 aromatic carbocycles. The largest absolute Gasteiger partial charge is 0.493 e. The third-order valence-electron chi connectivity index (χ3n) is 4.79. The highest BCUT2D eigenvalue weighted by atomic mass is 79.9. The lowest BCUT2D eigenvalue weighted by molar-refractivity contribution is -0.146. The highest BCUT2D eigenvalue weighted by Crippen LogP contribution is 2.37. The Kier molecular flexibility index (Phi) is 7.92. The normalized spacial score (nSPS) is 18.4. The molecule has 0 radical (unpaired) electrons. The fourth-order valence-corrected chi connectivity index (χ4v) is 3.95. The standard InChI is InChI=1S/C23H26BrNO6/c1-15-11-25(12-16(2)31-15)21(26)14-30-23(27)18-9-19(24)22(20(10-18)28-3)29-13-17-7-5-4-6-8-17/h4-10,15-16H,11-14H2,1-3H3/t15-,16-/m0/s1. The summed E-state index contributed by atoms with van der Waals surface area (Å²) in [6.07, 6.45) is -0.0981. The molecule has 3 rings (SSSR count). The van der Waals surface area contributed by atoms with E-state index in [1.165, 1.54) is 13.2 Å². The number of amides is 1. The summed E-state index contributed by atoms with van der Waals surface area (Å²) in [4.78, 5) is 26.6. The fourth-order valence-electron chi connectivity index (χ4n) is 3.39. The second kappa shape index (κ2) is 10.6. The van der Waals surface area contributed by atoms with E-state index in [0.29, 0.717) is 35.7 Å². The molecule has 0 N–H and O–H groups in total. The lowest BCUT2D eigenvalue weighted by Gasteiger charge is -2.35. The van der Waals surface area contributed by atoms with Crippen molar-refractivity contribution < 1.29 is 28.5 Å². The quantitative estimate of drug-likeness (QED) is 0.548. The van der Waals surface area contributed by atoms with Gasteiger partial charge in [-0.15, -0.1) is 0 Å². The molecular weight excluding hydrogens is 466 g/mol. The predicted octanol–water partition coefficient (Wildman–Crippen LogP) is 3.83. The number of benzene rings is 2. The van der Waals surface area contributed by atoms with Crippen LogP contribution in [0, 0.1) is 0 Å². The number of carbonyl (C=O) groups is 2. The van der Waals surface area contributed by atoms with Crippen molar-refractivity contribution in [1.29, 1.82) is 0 Å². The van der Waals surface area contributed by atoms with Gasteiger partial charge in [0, 0.05) is 13.1 Å². The van der Waals surface area contributed by atoms with Crippen LogP contribution in [0.3, 0.4) is 0 Å². The summed E-state index contributed by atoms with van der Waals surface area (Å²) in [7, 11) is 1.50. The Labute approximate surface area is 190 Å². The molecule has 0 aliphatic carbocycles. The van der Waals surface area contributed by atoms with Crippen molar-refractivity contribution in [2.24, 2.45) is 0 Å². The van der Waals surface area contributed by atoms with Crippen molar-refractivity contribution in [3.63, 3.8) is 0 Å². The first-order valence-corrected chi connectivity index (χ1v) is 10.8. The minimum absolute atomic E-state index is 0.0490. The Morgan fingerprint density at radius 3 is 2.45 bits per heavy atom. The van der Waals surface area contributed by atoms with Crippen molar-refractivity contribution in [1.82, 2.24) is 4.90 Å². The zero-order valence-corrected chi connectivity index (χ0v) is 19.4.